The second kappa shape index (κ2) is 6.41. The maximum atomic E-state index is 5.70. The van der Waals surface area contributed by atoms with Crippen molar-refractivity contribution in [2.75, 3.05) is 6.54 Å². The molecule has 18 heavy (non-hydrogen) atoms. The van der Waals surface area contributed by atoms with Crippen LogP contribution in [0.1, 0.15) is 58.8 Å². The van der Waals surface area contributed by atoms with Crippen molar-refractivity contribution in [3.63, 3.8) is 0 Å². The molecule has 0 bridgehead atoms. The predicted octanol–water partition coefficient (Wildman–Crippen LogP) is 2.26. The summed E-state index contributed by atoms with van der Waals surface area (Å²) in [7, 11) is 0. The molecule has 0 heterocycles. The maximum Gasteiger partial charge on any atom is 0.208 e. The normalized spacial score (nSPS) is 22.3. The molecule has 0 amide bonds. The maximum absolute atomic E-state index is 5.70. The van der Waals surface area contributed by atoms with Gasteiger partial charge in [0.2, 0.25) is 5.96 Å². The topological polar surface area (TPSA) is 53.6 Å². The summed E-state index contributed by atoms with van der Waals surface area (Å²) in [5.74, 6) is 7.47. The largest absolute Gasteiger partial charge is 0.339 e. The molecule has 3 N–H and O–H groups in total. The smallest absolute Gasteiger partial charge is 0.208 e. The predicted molar refractivity (Wildman–Crippen MR) is 76.2 cm³/mol. The highest BCUT2D eigenvalue weighted by molar-refractivity contribution is 5.79. The van der Waals surface area contributed by atoms with Gasteiger partial charge in [-0.25, -0.2) is 10.8 Å². The molecule has 2 saturated carbocycles. The first-order chi connectivity index (χ1) is 8.70. The van der Waals surface area contributed by atoms with E-state index in [1.165, 1.54) is 44.9 Å². The highest BCUT2D eigenvalue weighted by atomic mass is 15.4. The van der Waals surface area contributed by atoms with Crippen LogP contribution in [0.3, 0.4) is 0 Å². The SMILES string of the molecule is CC(C)N(CC1CC1)C(=NC1CCCCC1)NN. The Labute approximate surface area is 111 Å². The number of nitrogens with one attached hydrogen (secondary N) is 1. The van der Waals surface area contributed by atoms with Crippen molar-refractivity contribution in [3.8, 4) is 0 Å². The van der Waals surface area contributed by atoms with Gasteiger partial charge in [-0.15, -0.1) is 0 Å². The highest BCUT2D eigenvalue weighted by Crippen LogP contribution is 2.30. The Balaban J connectivity index is 1.99. The minimum atomic E-state index is 0.462. The molecule has 0 radical (unpaired) electrons. The average Bonchev–Trinajstić information content (AvgIpc) is 3.18. The van der Waals surface area contributed by atoms with E-state index in [1.807, 2.05) is 0 Å². The number of aliphatic imine (C=N–C) groups is 1. The molecule has 0 aromatic heterocycles. The molecule has 2 rings (SSSR count). The van der Waals surface area contributed by atoms with Gasteiger partial charge < -0.3 is 4.90 Å². The van der Waals surface area contributed by atoms with Gasteiger partial charge in [-0.2, -0.15) is 0 Å². The molecule has 0 aromatic rings. The molecule has 0 spiro atoms. The van der Waals surface area contributed by atoms with Gasteiger partial charge in [0.05, 0.1) is 6.04 Å². The van der Waals surface area contributed by atoms with Crippen molar-refractivity contribution >= 4 is 5.96 Å². The summed E-state index contributed by atoms with van der Waals surface area (Å²) in [4.78, 5) is 7.20. The third kappa shape index (κ3) is 3.87. The molecular formula is C14H28N4. The number of hydrazine groups is 1. The molecule has 4 nitrogen and oxygen atoms in total. The zero-order valence-corrected chi connectivity index (χ0v) is 11.9. The van der Waals surface area contributed by atoms with E-state index in [-0.39, 0.29) is 0 Å². The van der Waals surface area contributed by atoms with Crippen molar-refractivity contribution in [1.29, 1.82) is 0 Å². The minimum Gasteiger partial charge on any atom is -0.339 e. The standard InChI is InChI=1S/C14H28N4/c1-11(2)18(10-12-8-9-12)14(17-15)16-13-6-4-3-5-7-13/h11-13H,3-10,15H2,1-2H3,(H,16,17). The Hall–Kier alpha value is -0.770. The summed E-state index contributed by atoms with van der Waals surface area (Å²) < 4.78 is 0. The van der Waals surface area contributed by atoms with E-state index < -0.39 is 0 Å². The Morgan fingerprint density at radius 2 is 1.89 bits per heavy atom. The zero-order chi connectivity index (χ0) is 13.0. The lowest BCUT2D eigenvalue weighted by atomic mass is 9.96. The Morgan fingerprint density at radius 3 is 2.39 bits per heavy atom. The second-order valence-corrected chi connectivity index (χ2v) is 6.08. The molecule has 0 unspecified atom stereocenters. The van der Waals surface area contributed by atoms with Gasteiger partial charge >= 0.3 is 0 Å². The van der Waals surface area contributed by atoms with E-state index in [0.29, 0.717) is 12.1 Å². The summed E-state index contributed by atoms with van der Waals surface area (Å²) >= 11 is 0. The fraction of sp³-hybridized carbons (Fsp3) is 0.929. The van der Waals surface area contributed by atoms with Gasteiger partial charge in [-0.3, -0.25) is 5.43 Å². The number of rotatable bonds is 4. The van der Waals surface area contributed by atoms with E-state index in [0.717, 1.165) is 18.4 Å². The first-order valence-electron chi connectivity index (χ1n) is 7.51. The van der Waals surface area contributed by atoms with Crippen LogP contribution in [-0.2, 0) is 0 Å². The fourth-order valence-corrected chi connectivity index (χ4v) is 2.70. The van der Waals surface area contributed by atoms with Crippen molar-refractivity contribution in [1.82, 2.24) is 10.3 Å². The van der Waals surface area contributed by atoms with Gasteiger partial charge in [0.25, 0.3) is 0 Å². The number of nitrogens with two attached hydrogens (primary N) is 1. The van der Waals surface area contributed by atoms with Gasteiger partial charge in [-0.05, 0) is 45.4 Å². The Morgan fingerprint density at radius 1 is 1.22 bits per heavy atom. The minimum absolute atomic E-state index is 0.462. The Bertz CT molecular complexity index is 278. The average molecular weight is 252 g/mol. The van der Waals surface area contributed by atoms with Crippen molar-refractivity contribution in [2.24, 2.45) is 16.8 Å². The zero-order valence-electron chi connectivity index (χ0n) is 11.9. The summed E-state index contributed by atoms with van der Waals surface area (Å²) in [6.07, 6.45) is 9.18. The van der Waals surface area contributed by atoms with Crippen molar-refractivity contribution < 1.29 is 0 Å². The van der Waals surface area contributed by atoms with Gasteiger partial charge in [0, 0.05) is 12.6 Å². The number of hydrogen-bond donors (Lipinski definition) is 2. The monoisotopic (exact) mass is 252 g/mol. The Kier molecular flexibility index (Phi) is 4.87. The van der Waals surface area contributed by atoms with E-state index in [1.54, 1.807) is 0 Å². The van der Waals surface area contributed by atoms with Gasteiger partial charge in [-0.1, -0.05) is 19.3 Å². The van der Waals surface area contributed by atoms with Crippen LogP contribution < -0.4 is 11.3 Å². The quantitative estimate of drug-likeness (QED) is 0.349. The van der Waals surface area contributed by atoms with E-state index >= 15 is 0 Å². The second-order valence-electron chi connectivity index (χ2n) is 6.08. The van der Waals surface area contributed by atoms with Crippen molar-refractivity contribution in [2.45, 2.75) is 70.9 Å². The third-order valence-corrected chi connectivity index (χ3v) is 4.06. The summed E-state index contributed by atoms with van der Waals surface area (Å²) in [6.45, 7) is 5.54. The lowest BCUT2D eigenvalue weighted by molar-refractivity contribution is 0.319. The van der Waals surface area contributed by atoms with E-state index in [2.05, 4.69) is 24.2 Å². The summed E-state index contributed by atoms with van der Waals surface area (Å²) in [5.41, 5.74) is 2.84. The molecule has 2 fully saturated rings. The molecule has 0 aromatic carbocycles. The molecule has 0 saturated heterocycles. The van der Waals surface area contributed by atoms with Crippen LogP contribution in [0.2, 0.25) is 0 Å². The summed E-state index contributed by atoms with van der Waals surface area (Å²) in [5, 5.41) is 0. The van der Waals surface area contributed by atoms with Crippen LogP contribution in [-0.4, -0.2) is 29.5 Å². The first kappa shape index (κ1) is 13.7. The fourth-order valence-electron chi connectivity index (χ4n) is 2.70. The van der Waals surface area contributed by atoms with Crippen molar-refractivity contribution in [3.05, 3.63) is 0 Å². The first-order valence-corrected chi connectivity index (χ1v) is 7.51. The summed E-state index contributed by atoms with van der Waals surface area (Å²) in [6, 6.07) is 0.939. The molecule has 0 aliphatic heterocycles. The highest BCUT2D eigenvalue weighted by Gasteiger charge is 2.27. The number of nitrogens with zero attached hydrogens (tertiary/aromatic N) is 2. The molecule has 2 aliphatic carbocycles. The van der Waals surface area contributed by atoms with Crippen LogP contribution in [0, 0.1) is 5.92 Å². The molecule has 0 atom stereocenters. The van der Waals surface area contributed by atoms with E-state index in [4.69, 9.17) is 10.8 Å². The number of hydrogen-bond acceptors (Lipinski definition) is 2. The number of guanidine groups is 1. The van der Waals surface area contributed by atoms with Gasteiger partial charge in [0.1, 0.15) is 0 Å². The van der Waals surface area contributed by atoms with Crippen LogP contribution in [0.5, 0.6) is 0 Å². The van der Waals surface area contributed by atoms with Crippen LogP contribution in [0.25, 0.3) is 0 Å². The van der Waals surface area contributed by atoms with Crippen LogP contribution >= 0.6 is 0 Å². The molecule has 4 heteroatoms. The van der Waals surface area contributed by atoms with E-state index in [9.17, 15) is 0 Å². The molecular weight excluding hydrogens is 224 g/mol. The lowest BCUT2D eigenvalue weighted by Crippen LogP contribution is -2.49. The van der Waals surface area contributed by atoms with Gasteiger partial charge in [0.15, 0.2) is 0 Å². The molecule has 2 aliphatic rings. The third-order valence-electron chi connectivity index (χ3n) is 4.06. The lowest BCUT2D eigenvalue weighted by Gasteiger charge is -2.31. The van der Waals surface area contributed by atoms with Crippen LogP contribution in [0.4, 0.5) is 0 Å². The molecule has 104 valence electrons. The van der Waals surface area contributed by atoms with Crippen LogP contribution in [0.15, 0.2) is 4.99 Å².